The molecular formula is C18H26N4O2. The summed E-state index contributed by atoms with van der Waals surface area (Å²) in [5.41, 5.74) is 1.60. The Morgan fingerprint density at radius 2 is 2.00 bits per heavy atom. The zero-order valence-electron chi connectivity index (χ0n) is 14.9. The van der Waals surface area contributed by atoms with Crippen LogP contribution in [0, 0.1) is 12.3 Å². The molecule has 0 bridgehead atoms. The molecule has 2 aliphatic rings. The van der Waals surface area contributed by atoms with Crippen LogP contribution in [0.4, 0.5) is 0 Å². The number of carbonyl (C=O) groups is 2. The molecule has 24 heavy (non-hydrogen) atoms. The van der Waals surface area contributed by atoms with Crippen molar-refractivity contribution in [1.82, 2.24) is 20.1 Å². The molecular weight excluding hydrogens is 304 g/mol. The van der Waals surface area contributed by atoms with Crippen molar-refractivity contribution in [3.8, 4) is 0 Å². The van der Waals surface area contributed by atoms with Crippen molar-refractivity contribution in [3.05, 3.63) is 29.6 Å². The predicted molar refractivity (Wildman–Crippen MR) is 91.6 cm³/mol. The summed E-state index contributed by atoms with van der Waals surface area (Å²) in [7, 11) is 1.99. The van der Waals surface area contributed by atoms with Crippen LogP contribution in [-0.4, -0.2) is 65.4 Å². The topological polar surface area (TPSA) is 65.5 Å². The second-order valence-electron chi connectivity index (χ2n) is 7.65. The normalized spacial score (nSPS) is 22.7. The molecule has 0 radical (unpaired) electrons. The third kappa shape index (κ3) is 3.15. The van der Waals surface area contributed by atoms with Crippen LogP contribution in [0.15, 0.2) is 18.3 Å². The van der Waals surface area contributed by atoms with Crippen LogP contribution >= 0.6 is 0 Å². The monoisotopic (exact) mass is 330 g/mol. The second kappa shape index (κ2) is 6.16. The van der Waals surface area contributed by atoms with E-state index in [9.17, 15) is 9.59 Å². The van der Waals surface area contributed by atoms with Gasteiger partial charge < -0.3 is 10.2 Å². The van der Waals surface area contributed by atoms with Gasteiger partial charge in [-0.05, 0) is 46.4 Å². The molecule has 1 aromatic heterocycles. The van der Waals surface area contributed by atoms with Crippen molar-refractivity contribution in [1.29, 1.82) is 0 Å². The lowest BCUT2D eigenvalue weighted by molar-refractivity contribution is -0.125. The zero-order valence-corrected chi connectivity index (χ0v) is 14.9. The van der Waals surface area contributed by atoms with Gasteiger partial charge >= 0.3 is 0 Å². The van der Waals surface area contributed by atoms with E-state index in [0.717, 1.165) is 31.7 Å². The fourth-order valence-corrected chi connectivity index (χ4v) is 3.86. The Balaban J connectivity index is 1.60. The summed E-state index contributed by atoms with van der Waals surface area (Å²) in [6, 6.07) is 3.75. The number of amides is 2. The van der Waals surface area contributed by atoms with Gasteiger partial charge in [-0.2, -0.15) is 0 Å². The van der Waals surface area contributed by atoms with Gasteiger partial charge in [-0.3, -0.25) is 19.5 Å². The molecule has 1 N–H and O–H groups in total. The molecule has 2 fully saturated rings. The predicted octanol–water partition coefficient (Wildman–Crippen LogP) is 1.06. The zero-order chi connectivity index (χ0) is 17.5. The third-order valence-electron chi connectivity index (χ3n) is 4.97. The van der Waals surface area contributed by atoms with Crippen LogP contribution < -0.4 is 5.32 Å². The van der Waals surface area contributed by atoms with Gasteiger partial charge in [0.15, 0.2) is 0 Å². The molecule has 3 rings (SSSR count). The molecule has 2 saturated heterocycles. The maximum absolute atomic E-state index is 12.5. The number of hydrogen-bond acceptors (Lipinski definition) is 4. The number of hydrogen-bond donors (Lipinski definition) is 1. The fraction of sp³-hybridized carbons (Fsp3) is 0.611. The Labute approximate surface area is 143 Å². The molecule has 2 aliphatic heterocycles. The second-order valence-corrected chi connectivity index (χ2v) is 7.65. The Hall–Kier alpha value is -1.95. The number of pyridine rings is 1. The molecule has 1 atom stereocenters. The molecule has 0 aliphatic carbocycles. The Kier molecular flexibility index (Phi) is 4.34. The first-order chi connectivity index (χ1) is 11.3. The van der Waals surface area contributed by atoms with Crippen molar-refractivity contribution in [2.45, 2.75) is 39.3 Å². The van der Waals surface area contributed by atoms with E-state index in [1.54, 1.807) is 6.20 Å². The minimum Gasteiger partial charge on any atom is -0.353 e. The summed E-state index contributed by atoms with van der Waals surface area (Å²) in [5, 5.41) is 3.00. The van der Waals surface area contributed by atoms with Gasteiger partial charge in [-0.25, -0.2) is 0 Å². The molecule has 2 amide bonds. The molecule has 3 heterocycles. The largest absolute Gasteiger partial charge is 0.353 e. The van der Waals surface area contributed by atoms with Crippen LogP contribution in [-0.2, 0) is 4.79 Å². The Morgan fingerprint density at radius 1 is 1.29 bits per heavy atom. The summed E-state index contributed by atoms with van der Waals surface area (Å²) in [6.45, 7) is 8.15. The highest BCUT2D eigenvalue weighted by Gasteiger charge is 2.53. The van der Waals surface area contributed by atoms with E-state index in [-0.39, 0.29) is 29.3 Å². The van der Waals surface area contributed by atoms with Crippen molar-refractivity contribution in [2.24, 2.45) is 5.41 Å². The first kappa shape index (κ1) is 16.9. The Bertz CT molecular complexity index is 635. The minimum absolute atomic E-state index is 0.0332. The lowest BCUT2D eigenvalue weighted by Gasteiger charge is -2.48. The number of nitrogens with zero attached hydrogens (tertiary/aromatic N) is 3. The van der Waals surface area contributed by atoms with Gasteiger partial charge in [-0.1, -0.05) is 0 Å². The summed E-state index contributed by atoms with van der Waals surface area (Å²) < 4.78 is 0. The van der Waals surface area contributed by atoms with Gasteiger partial charge in [0.25, 0.3) is 5.91 Å². The van der Waals surface area contributed by atoms with Gasteiger partial charge in [0.1, 0.15) is 0 Å². The minimum atomic E-state index is -0.0920. The maximum Gasteiger partial charge on any atom is 0.255 e. The van der Waals surface area contributed by atoms with Crippen LogP contribution in [0.1, 0.15) is 36.3 Å². The molecule has 6 heteroatoms. The molecule has 1 aromatic rings. The number of carbonyl (C=O) groups excluding carboxylic acids is 2. The fourth-order valence-electron chi connectivity index (χ4n) is 3.86. The lowest BCUT2D eigenvalue weighted by atomic mass is 9.77. The van der Waals surface area contributed by atoms with E-state index in [0.29, 0.717) is 5.56 Å². The highest BCUT2D eigenvalue weighted by Crippen LogP contribution is 2.42. The summed E-state index contributed by atoms with van der Waals surface area (Å²) in [6.07, 6.45) is 2.46. The first-order valence-electron chi connectivity index (χ1n) is 8.52. The van der Waals surface area contributed by atoms with Crippen LogP contribution in [0.3, 0.4) is 0 Å². The smallest absolute Gasteiger partial charge is 0.255 e. The average molecular weight is 330 g/mol. The number of aryl methyl sites for hydroxylation is 1. The summed E-state index contributed by atoms with van der Waals surface area (Å²) >= 11 is 0. The lowest BCUT2D eigenvalue weighted by Crippen LogP contribution is -2.59. The quantitative estimate of drug-likeness (QED) is 0.900. The third-order valence-corrected chi connectivity index (χ3v) is 4.97. The number of likely N-dealkylation sites (N-methyl/N-ethyl adjacent to an activating group) is 1. The van der Waals surface area contributed by atoms with Gasteiger partial charge in [0.2, 0.25) is 5.91 Å². The van der Waals surface area contributed by atoms with Crippen LogP contribution in [0.5, 0.6) is 0 Å². The van der Waals surface area contributed by atoms with E-state index >= 15 is 0 Å². The van der Waals surface area contributed by atoms with E-state index in [1.165, 1.54) is 0 Å². The van der Waals surface area contributed by atoms with Crippen LogP contribution in [0.25, 0.3) is 0 Å². The van der Waals surface area contributed by atoms with Gasteiger partial charge in [0, 0.05) is 43.0 Å². The Morgan fingerprint density at radius 3 is 2.58 bits per heavy atom. The molecule has 0 unspecified atom stereocenters. The van der Waals surface area contributed by atoms with Gasteiger partial charge in [0.05, 0.1) is 11.6 Å². The number of nitrogens with one attached hydrogen (secondary N) is 1. The SMILES string of the molecule is Cc1ccc(C(=O)N2CC3(C[C@@H](C(=O)NC(C)C)N(C)C3)C2)cn1. The number of rotatable bonds is 3. The van der Waals surface area contributed by atoms with E-state index in [2.05, 4.69) is 15.2 Å². The van der Waals surface area contributed by atoms with Crippen molar-refractivity contribution in [2.75, 3.05) is 26.7 Å². The highest BCUT2D eigenvalue weighted by atomic mass is 16.2. The first-order valence-corrected chi connectivity index (χ1v) is 8.52. The average Bonchev–Trinajstić information content (AvgIpc) is 2.83. The maximum atomic E-state index is 12.5. The van der Waals surface area contributed by atoms with Crippen molar-refractivity contribution < 1.29 is 9.59 Å². The summed E-state index contributed by atoms with van der Waals surface area (Å²) in [4.78, 5) is 33.0. The number of aromatic nitrogens is 1. The number of likely N-dealkylation sites (tertiary alicyclic amines) is 2. The molecule has 1 spiro atoms. The van der Waals surface area contributed by atoms with E-state index < -0.39 is 0 Å². The molecule has 6 nitrogen and oxygen atoms in total. The summed E-state index contributed by atoms with van der Waals surface area (Å²) in [5.74, 6) is 0.128. The van der Waals surface area contributed by atoms with Gasteiger partial charge in [-0.15, -0.1) is 0 Å². The molecule has 130 valence electrons. The van der Waals surface area contributed by atoms with Crippen molar-refractivity contribution >= 4 is 11.8 Å². The van der Waals surface area contributed by atoms with Crippen molar-refractivity contribution in [3.63, 3.8) is 0 Å². The molecule has 0 aromatic carbocycles. The van der Waals surface area contributed by atoms with Crippen LogP contribution in [0.2, 0.25) is 0 Å². The van der Waals surface area contributed by atoms with E-state index in [4.69, 9.17) is 0 Å². The standard InChI is InChI=1S/C18H26N4O2/c1-12(2)20-16(23)15-7-18(9-21(15)4)10-22(11-18)17(24)14-6-5-13(3)19-8-14/h5-6,8,12,15H,7,9-11H2,1-4H3,(H,20,23)/t15-/m0/s1. The molecule has 0 saturated carbocycles. The van der Waals surface area contributed by atoms with E-state index in [1.807, 2.05) is 44.9 Å². The highest BCUT2D eigenvalue weighted by molar-refractivity contribution is 5.94.